The summed E-state index contributed by atoms with van der Waals surface area (Å²) < 4.78 is 2.31. The summed E-state index contributed by atoms with van der Waals surface area (Å²) in [5, 5.41) is 4.82. The van der Waals surface area contributed by atoms with Gasteiger partial charge in [0.2, 0.25) is 5.95 Å². The largest absolute Gasteiger partial charge is 0.277 e. The van der Waals surface area contributed by atoms with Gasteiger partial charge in [0.25, 0.3) is 0 Å². The van der Waals surface area contributed by atoms with Crippen molar-refractivity contribution in [3.05, 3.63) is 234 Å². The maximum absolute atomic E-state index is 5.38. The van der Waals surface area contributed by atoms with E-state index >= 15 is 0 Å². The third-order valence-electron chi connectivity index (χ3n) is 12.8. The molecule has 0 radical (unpaired) electrons. The van der Waals surface area contributed by atoms with Crippen LogP contribution in [0.4, 0.5) is 0 Å². The van der Waals surface area contributed by atoms with Crippen LogP contribution in [0, 0.1) is 6.92 Å². The summed E-state index contributed by atoms with van der Waals surface area (Å²) in [6, 6.07) is 73.8. The topological polar surface area (TPSA) is 43.6 Å². The molecule has 0 saturated carbocycles. The maximum atomic E-state index is 5.38. The fourth-order valence-electron chi connectivity index (χ4n) is 9.76. The summed E-state index contributed by atoms with van der Waals surface area (Å²) in [6.07, 6.45) is 4.14. The molecule has 2 aromatic heterocycles. The molecular weight excluding hydrogens is 777 g/mol. The Bertz CT molecular complexity index is 3530. The zero-order chi connectivity index (χ0) is 42.6. The van der Waals surface area contributed by atoms with E-state index in [2.05, 4.69) is 187 Å². The molecule has 0 bridgehead atoms. The number of nitrogens with zero attached hydrogens (tertiary/aromatic N) is 4. The molecule has 4 heteroatoms. The first-order valence-corrected chi connectivity index (χ1v) is 22.0. The Morgan fingerprint density at radius 2 is 1.05 bits per heavy atom. The molecule has 2 heterocycles. The van der Waals surface area contributed by atoms with Gasteiger partial charge >= 0.3 is 0 Å². The highest BCUT2D eigenvalue weighted by Crippen LogP contribution is 2.46. The van der Waals surface area contributed by atoms with Gasteiger partial charge in [0, 0.05) is 27.5 Å². The van der Waals surface area contributed by atoms with Crippen LogP contribution in [0.25, 0.3) is 101 Å². The molecule has 0 atom stereocenters. The number of hydrogen-bond acceptors (Lipinski definition) is 3. The molecule has 0 aliphatic heterocycles. The van der Waals surface area contributed by atoms with E-state index in [1.54, 1.807) is 0 Å². The molecule has 0 saturated heterocycles. The first-order valence-electron chi connectivity index (χ1n) is 22.0. The van der Waals surface area contributed by atoms with Crippen LogP contribution < -0.4 is 0 Å². The first-order chi connectivity index (χ1) is 31.6. The molecule has 1 aliphatic carbocycles. The minimum atomic E-state index is 0.582. The van der Waals surface area contributed by atoms with E-state index in [-0.39, 0.29) is 0 Å². The zero-order valence-corrected chi connectivity index (χ0v) is 35.4. The zero-order valence-electron chi connectivity index (χ0n) is 35.4. The number of aromatic nitrogens is 4. The van der Waals surface area contributed by atoms with Crippen LogP contribution in [0.15, 0.2) is 212 Å². The van der Waals surface area contributed by atoms with Gasteiger partial charge in [0.05, 0.1) is 11.0 Å². The van der Waals surface area contributed by atoms with Gasteiger partial charge in [-0.1, -0.05) is 194 Å². The highest BCUT2D eigenvalue weighted by molar-refractivity contribution is 6.15. The summed E-state index contributed by atoms with van der Waals surface area (Å²) in [6.45, 7) is 2.29. The number of rotatable bonds is 7. The Morgan fingerprint density at radius 1 is 0.469 bits per heavy atom. The third-order valence-corrected chi connectivity index (χ3v) is 12.8. The van der Waals surface area contributed by atoms with Crippen LogP contribution >= 0.6 is 0 Å². The van der Waals surface area contributed by atoms with Crippen LogP contribution in [-0.2, 0) is 12.8 Å². The Balaban J connectivity index is 1.19. The van der Waals surface area contributed by atoms with E-state index in [4.69, 9.17) is 15.0 Å². The van der Waals surface area contributed by atoms with Crippen LogP contribution in [0.5, 0.6) is 0 Å². The molecule has 1 aliphatic rings. The lowest BCUT2D eigenvalue weighted by atomic mass is 9.88. The molecule has 9 aromatic carbocycles. The van der Waals surface area contributed by atoms with Crippen LogP contribution in [-0.4, -0.2) is 19.5 Å². The van der Waals surface area contributed by atoms with Crippen molar-refractivity contribution < 1.29 is 0 Å². The molecule has 12 rings (SSSR count). The van der Waals surface area contributed by atoms with Crippen molar-refractivity contribution in [1.82, 2.24) is 19.5 Å². The van der Waals surface area contributed by atoms with Crippen molar-refractivity contribution in [2.24, 2.45) is 0 Å². The monoisotopic (exact) mass is 818 g/mol. The lowest BCUT2D eigenvalue weighted by Crippen LogP contribution is -2.07. The highest BCUT2D eigenvalue weighted by atomic mass is 15.2. The molecule has 0 unspecified atom stereocenters. The minimum absolute atomic E-state index is 0.582. The predicted molar refractivity (Wildman–Crippen MR) is 265 cm³/mol. The van der Waals surface area contributed by atoms with Gasteiger partial charge in [-0.2, -0.15) is 9.97 Å². The van der Waals surface area contributed by atoms with Crippen molar-refractivity contribution in [3.8, 4) is 62.1 Å². The summed E-state index contributed by atoms with van der Waals surface area (Å²) in [5.74, 6) is 1.84. The first kappa shape index (κ1) is 37.5. The lowest BCUT2D eigenvalue weighted by molar-refractivity contribution is 0.953. The van der Waals surface area contributed by atoms with Crippen LogP contribution in [0.1, 0.15) is 22.3 Å². The van der Waals surface area contributed by atoms with Gasteiger partial charge in [0.15, 0.2) is 11.6 Å². The van der Waals surface area contributed by atoms with Crippen molar-refractivity contribution in [3.63, 3.8) is 0 Å². The van der Waals surface area contributed by atoms with Crippen molar-refractivity contribution >= 4 is 38.7 Å². The molecule has 0 spiro atoms. The van der Waals surface area contributed by atoms with Crippen LogP contribution in [0.2, 0.25) is 0 Å². The van der Waals surface area contributed by atoms with Crippen molar-refractivity contribution in [2.75, 3.05) is 0 Å². The average Bonchev–Trinajstić information content (AvgIpc) is 3.58. The molecule has 11 aromatic rings. The highest BCUT2D eigenvalue weighted by Gasteiger charge is 2.26. The standard InChI is InChI=1S/C60H42N4/c1-39-32-53-52-38-49(43-18-8-3-9-19-43)30-31-55(52)64(60-62-58(45-21-10-4-11-22-45)61-59(63-60)46-23-12-5-13-24-46)57(53)54-36-41(33-40-26-27-44-20-14-15-25-47(44)34-40)35-50-29-28-48(37-51(50)56(39)54)42-16-6-2-7-17-42/h2-32,34,36-38H,33,35H2,1H3. The second kappa shape index (κ2) is 15.6. The van der Waals surface area contributed by atoms with E-state index in [0.717, 1.165) is 51.3 Å². The summed E-state index contributed by atoms with van der Waals surface area (Å²) in [4.78, 5) is 15.9. The van der Waals surface area contributed by atoms with Gasteiger partial charge in [-0.05, 0) is 105 Å². The second-order valence-corrected chi connectivity index (χ2v) is 16.9. The van der Waals surface area contributed by atoms with E-state index < -0.39 is 0 Å². The summed E-state index contributed by atoms with van der Waals surface area (Å²) in [7, 11) is 0. The fourth-order valence-corrected chi connectivity index (χ4v) is 9.76. The molecule has 0 fully saturated rings. The van der Waals surface area contributed by atoms with E-state index in [0.29, 0.717) is 17.6 Å². The Labute approximate surface area is 372 Å². The van der Waals surface area contributed by atoms with Gasteiger partial charge in [-0.15, -0.1) is 0 Å². The fraction of sp³-hybridized carbons (Fsp3) is 0.0500. The predicted octanol–water partition coefficient (Wildman–Crippen LogP) is 14.9. The van der Waals surface area contributed by atoms with Crippen molar-refractivity contribution in [1.29, 1.82) is 0 Å². The van der Waals surface area contributed by atoms with Gasteiger partial charge < -0.3 is 0 Å². The SMILES string of the molecule is Cc1cc2c3cc(-c4ccccc4)ccc3n(-c3nc(-c4ccccc4)nc(-c4ccccc4)n3)c2c2c1-c1cc(-c3ccccc3)ccc1CC(Cc1ccc3ccccc3c1)=C2. The second-order valence-electron chi connectivity index (χ2n) is 16.9. The van der Waals surface area contributed by atoms with E-state index in [1.165, 1.54) is 66.4 Å². The van der Waals surface area contributed by atoms with Gasteiger partial charge in [-0.25, -0.2) is 4.98 Å². The summed E-state index contributed by atoms with van der Waals surface area (Å²) >= 11 is 0. The smallest absolute Gasteiger partial charge is 0.238 e. The summed E-state index contributed by atoms with van der Waals surface area (Å²) in [5.41, 5.74) is 17.6. The average molecular weight is 819 g/mol. The molecule has 64 heavy (non-hydrogen) atoms. The van der Waals surface area contributed by atoms with Crippen molar-refractivity contribution in [2.45, 2.75) is 19.8 Å². The maximum Gasteiger partial charge on any atom is 0.238 e. The molecule has 0 N–H and O–H groups in total. The number of benzene rings is 9. The van der Waals surface area contributed by atoms with Gasteiger partial charge in [0.1, 0.15) is 0 Å². The van der Waals surface area contributed by atoms with E-state index in [1.807, 2.05) is 36.4 Å². The number of allylic oxidation sites excluding steroid dienone is 1. The third kappa shape index (κ3) is 6.68. The number of fused-ring (bicyclic) bond motifs is 8. The minimum Gasteiger partial charge on any atom is -0.277 e. The van der Waals surface area contributed by atoms with Crippen LogP contribution in [0.3, 0.4) is 0 Å². The Kier molecular flexibility index (Phi) is 9.15. The number of hydrogen-bond donors (Lipinski definition) is 0. The Hall–Kier alpha value is -8.21. The Morgan fingerprint density at radius 3 is 1.70 bits per heavy atom. The molecule has 302 valence electrons. The lowest BCUT2D eigenvalue weighted by Gasteiger charge is -2.17. The normalized spacial score (nSPS) is 12.2. The quantitative estimate of drug-likeness (QED) is 0.161. The molecule has 0 amide bonds. The number of aryl methyl sites for hydroxylation is 1. The molecule has 4 nitrogen and oxygen atoms in total. The van der Waals surface area contributed by atoms with E-state index in [9.17, 15) is 0 Å². The van der Waals surface area contributed by atoms with Gasteiger partial charge in [-0.3, -0.25) is 4.57 Å². The molecular formula is C60H42N4.